The highest BCUT2D eigenvalue weighted by molar-refractivity contribution is 5.96. The van der Waals surface area contributed by atoms with Crippen LogP contribution in [-0.4, -0.2) is 37.2 Å². The lowest BCUT2D eigenvalue weighted by atomic mass is 10.1. The molecule has 2 rings (SSSR count). The topological polar surface area (TPSA) is 79.5 Å². The molecule has 132 valence electrons. The van der Waals surface area contributed by atoms with Gasteiger partial charge in [-0.15, -0.1) is 0 Å². The van der Waals surface area contributed by atoms with E-state index in [1.54, 1.807) is 18.2 Å². The Balaban J connectivity index is 1.89. The van der Waals surface area contributed by atoms with Crippen LogP contribution in [0.3, 0.4) is 0 Å². The molecule has 0 aromatic heterocycles. The van der Waals surface area contributed by atoms with Gasteiger partial charge in [0, 0.05) is 30.4 Å². The first-order valence-electron chi connectivity index (χ1n) is 8.57. The van der Waals surface area contributed by atoms with Crippen molar-refractivity contribution in [1.29, 1.82) is 0 Å². The van der Waals surface area contributed by atoms with Crippen molar-refractivity contribution >= 4 is 17.6 Å². The van der Waals surface area contributed by atoms with Gasteiger partial charge in [-0.1, -0.05) is 6.92 Å². The Morgan fingerprint density at radius 1 is 1.38 bits per heavy atom. The molecule has 0 spiro atoms. The maximum absolute atomic E-state index is 12.1. The second kappa shape index (κ2) is 8.68. The maximum Gasteiger partial charge on any atom is 0.319 e. The summed E-state index contributed by atoms with van der Waals surface area (Å²) in [7, 11) is 0. The molecule has 1 aliphatic heterocycles. The van der Waals surface area contributed by atoms with E-state index in [-0.39, 0.29) is 24.1 Å². The van der Waals surface area contributed by atoms with Crippen LogP contribution < -0.4 is 16.0 Å². The largest absolute Gasteiger partial charge is 0.376 e. The highest BCUT2D eigenvalue weighted by Crippen LogP contribution is 2.17. The van der Waals surface area contributed by atoms with E-state index in [2.05, 4.69) is 16.0 Å². The summed E-state index contributed by atoms with van der Waals surface area (Å²) in [6.07, 6.45) is 3.03. The molecule has 3 N–H and O–H groups in total. The molecular weight excluding hydrogens is 306 g/mol. The quantitative estimate of drug-likeness (QED) is 0.749. The first-order chi connectivity index (χ1) is 11.5. The van der Waals surface area contributed by atoms with Gasteiger partial charge in [0.1, 0.15) is 0 Å². The van der Waals surface area contributed by atoms with E-state index in [1.807, 2.05) is 20.8 Å². The van der Waals surface area contributed by atoms with Gasteiger partial charge in [0.2, 0.25) is 0 Å². The third kappa shape index (κ3) is 5.23. The number of anilines is 1. The van der Waals surface area contributed by atoms with Gasteiger partial charge >= 0.3 is 6.03 Å². The van der Waals surface area contributed by atoms with Gasteiger partial charge in [-0.25, -0.2) is 4.79 Å². The van der Waals surface area contributed by atoms with Gasteiger partial charge in [-0.2, -0.15) is 0 Å². The Morgan fingerprint density at radius 2 is 2.17 bits per heavy atom. The monoisotopic (exact) mass is 333 g/mol. The van der Waals surface area contributed by atoms with E-state index in [0.29, 0.717) is 17.8 Å². The summed E-state index contributed by atoms with van der Waals surface area (Å²) in [5.41, 5.74) is 2.14. The Bertz CT molecular complexity index is 583. The molecule has 24 heavy (non-hydrogen) atoms. The fraction of sp³-hybridized carbons (Fsp3) is 0.556. The van der Waals surface area contributed by atoms with Crippen molar-refractivity contribution in [1.82, 2.24) is 10.6 Å². The van der Waals surface area contributed by atoms with Gasteiger partial charge in [0.25, 0.3) is 5.91 Å². The molecule has 3 amide bonds. The number of rotatable bonds is 6. The number of urea groups is 1. The molecule has 0 saturated carbocycles. The minimum absolute atomic E-state index is 0.0955. The predicted octanol–water partition coefficient (Wildman–Crippen LogP) is 2.82. The van der Waals surface area contributed by atoms with Crippen LogP contribution >= 0.6 is 0 Å². The Hall–Kier alpha value is -2.08. The molecule has 1 fully saturated rings. The number of hydrogen-bond donors (Lipinski definition) is 3. The highest BCUT2D eigenvalue weighted by atomic mass is 16.5. The third-order valence-electron chi connectivity index (χ3n) is 4.24. The molecule has 1 heterocycles. The van der Waals surface area contributed by atoms with Crippen LogP contribution in [0, 0.1) is 6.92 Å². The van der Waals surface area contributed by atoms with Crippen LogP contribution in [0.2, 0.25) is 0 Å². The first-order valence-corrected chi connectivity index (χ1v) is 8.57. The number of nitrogens with one attached hydrogen (secondary N) is 3. The summed E-state index contributed by atoms with van der Waals surface area (Å²) >= 11 is 0. The Morgan fingerprint density at radius 3 is 2.79 bits per heavy atom. The van der Waals surface area contributed by atoms with Gasteiger partial charge in [0.15, 0.2) is 0 Å². The number of benzene rings is 1. The molecule has 1 saturated heterocycles. The number of carbonyl (C=O) groups excluding carboxylic acids is 2. The Kier molecular flexibility index (Phi) is 6.61. The fourth-order valence-electron chi connectivity index (χ4n) is 2.53. The summed E-state index contributed by atoms with van der Waals surface area (Å²) < 4.78 is 5.47. The average Bonchev–Trinajstić information content (AvgIpc) is 3.08. The van der Waals surface area contributed by atoms with Crippen molar-refractivity contribution in [3.63, 3.8) is 0 Å². The summed E-state index contributed by atoms with van der Waals surface area (Å²) in [6, 6.07) is 5.14. The van der Waals surface area contributed by atoms with E-state index in [4.69, 9.17) is 4.74 Å². The van der Waals surface area contributed by atoms with Crippen molar-refractivity contribution in [2.75, 3.05) is 18.5 Å². The summed E-state index contributed by atoms with van der Waals surface area (Å²) in [5.74, 6) is -0.0955. The molecule has 2 unspecified atom stereocenters. The lowest BCUT2D eigenvalue weighted by molar-refractivity contribution is 0.0939. The van der Waals surface area contributed by atoms with Gasteiger partial charge in [0.05, 0.1) is 6.10 Å². The van der Waals surface area contributed by atoms with Gasteiger partial charge < -0.3 is 20.7 Å². The summed E-state index contributed by atoms with van der Waals surface area (Å²) in [4.78, 5) is 24.1. The first kappa shape index (κ1) is 18.3. The molecule has 0 aliphatic carbocycles. The number of ether oxygens (including phenoxy) is 1. The zero-order valence-corrected chi connectivity index (χ0v) is 14.6. The van der Waals surface area contributed by atoms with Crippen molar-refractivity contribution in [3.05, 3.63) is 29.3 Å². The smallest absolute Gasteiger partial charge is 0.319 e. The van der Waals surface area contributed by atoms with E-state index in [9.17, 15) is 9.59 Å². The lowest BCUT2D eigenvalue weighted by Crippen LogP contribution is -2.35. The fourth-order valence-corrected chi connectivity index (χ4v) is 2.53. The number of carbonyl (C=O) groups is 2. The molecule has 2 atom stereocenters. The van der Waals surface area contributed by atoms with Crippen LogP contribution in [0.1, 0.15) is 49.0 Å². The lowest BCUT2D eigenvalue weighted by Gasteiger charge is -2.14. The third-order valence-corrected chi connectivity index (χ3v) is 4.24. The van der Waals surface area contributed by atoms with Crippen molar-refractivity contribution in [3.8, 4) is 0 Å². The molecule has 1 aromatic carbocycles. The van der Waals surface area contributed by atoms with Gasteiger partial charge in [-0.3, -0.25) is 4.79 Å². The molecule has 0 radical (unpaired) electrons. The minimum atomic E-state index is -0.259. The van der Waals surface area contributed by atoms with Gasteiger partial charge in [-0.05, 0) is 56.9 Å². The minimum Gasteiger partial charge on any atom is -0.376 e. The summed E-state index contributed by atoms with van der Waals surface area (Å²) in [6.45, 7) is 7.15. The predicted molar refractivity (Wildman–Crippen MR) is 94.4 cm³/mol. The average molecular weight is 333 g/mol. The Labute approximate surface area is 143 Å². The van der Waals surface area contributed by atoms with Crippen molar-refractivity contribution in [2.45, 2.75) is 52.2 Å². The zero-order valence-electron chi connectivity index (χ0n) is 14.6. The zero-order chi connectivity index (χ0) is 17.5. The van der Waals surface area contributed by atoms with E-state index >= 15 is 0 Å². The molecule has 1 aliphatic rings. The molecule has 6 heteroatoms. The molecular formula is C18H27N3O3. The molecule has 0 bridgehead atoms. The second-order valence-corrected chi connectivity index (χ2v) is 6.28. The highest BCUT2D eigenvalue weighted by Gasteiger charge is 2.16. The standard InChI is InChI=1S/C18H27N3O3/c1-4-13(3)20-17(22)14-7-8-16(12(2)10-14)21-18(23)19-11-15-6-5-9-24-15/h7-8,10,13,15H,4-6,9,11H2,1-3H3,(H,20,22)(H2,19,21,23). The van der Waals surface area contributed by atoms with E-state index in [0.717, 1.165) is 31.4 Å². The van der Waals surface area contributed by atoms with Crippen LogP contribution in [0.4, 0.5) is 10.5 Å². The van der Waals surface area contributed by atoms with Crippen LogP contribution in [0.15, 0.2) is 18.2 Å². The van der Waals surface area contributed by atoms with E-state index < -0.39 is 0 Å². The van der Waals surface area contributed by atoms with E-state index in [1.165, 1.54) is 0 Å². The number of hydrogen-bond acceptors (Lipinski definition) is 3. The summed E-state index contributed by atoms with van der Waals surface area (Å²) in [5, 5.41) is 8.56. The SMILES string of the molecule is CCC(C)NC(=O)c1ccc(NC(=O)NCC2CCCO2)c(C)c1. The van der Waals surface area contributed by atoms with Crippen LogP contribution in [-0.2, 0) is 4.74 Å². The van der Waals surface area contributed by atoms with Crippen molar-refractivity contribution in [2.24, 2.45) is 0 Å². The number of amides is 3. The normalized spacial score (nSPS) is 18.0. The number of aryl methyl sites for hydroxylation is 1. The van der Waals surface area contributed by atoms with Crippen LogP contribution in [0.25, 0.3) is 0 Å². The molecule has 1 aromatic rings. The maximum atomic E-state index is 12.1. The van der Waals surface area contributed by atoms with Crippen molar-refractivity contribution < 1.29 is 14.3 Å². The second-order valence-electron chi connectivity index (χ2n) is 6.28. The van der Waals surface area contributed by atoms with Crippen LogP contribution in [0.5, 0.6) is 0 Å². The molecule has 6 nitrogen and oxygen atoms in total.